The van der Waals surface area contributed by atoms with Crippen molar-refractivity contribution in [3.8, 4) is 0 Å². The summed E-state index contributed by atoms with van der Waals surface area (Å²) in [6, 6.07) is 16.6. The molecule has 0 amide bonds. The van der Waals surface area contributed by atoms with Gasteiger partial charge in [-0.15, -0.1) is 0 Å². The molecule has 0 aliphatic carbocycles. The number of nitrogens with one attached hydrogen (secondary N) is 1. The number of hydrogen-bond acceptors (Lipinski definition) is 3. The van der Waals surface area contributed by atoms with Crippen LogP contribution >= 0.6 is 0 Å². The monoisotopic (exact) mass is 312 g/mol. The van der Waals surface area contributed by atoms with Crippen LogP contribution in [0, 0.1) is 0 Å². The number of β-amino-alcohol motifs (C(OH)–C–C–N with tert-alkyl or cyclic N) is 1. The van der Waals surface area contributed by atoms with E-state index in [0.29, 0.717) is 13.1 Å². The van der Waals surface area contributed by atoms with Crippen molar-refractivity contribution < 1.29 is 10.2 Å². The van der Waals surface area contributed by atoms with Crippen LogP contribution in [0.2, 0.25) is 0 Å². The van der Waals surface area contributed by atoms with Crippen LogP contribution in [-0.4, -0.2) is 39.6 Å². The van der Waals surface area contributed by atoms with E-state index in [1.165, 1.54) is 10.8 Å². The van der Waals surface area contributed by atoms with E-state index >= 15 is 0 Å². The first kappa shape index (κ1) is 16.0. The third-order valence-corrected chi connectivity index (χ3v) is 4.28. The third kappa shape index (κ3) is 3.24. The van der Waals surface area contributed by atoms with Crippen LogP contribution < -0.4 is 5.32 Å². The zero-order chi connectivity index (χ0) is 16.4. The van der Waals surface area contributed by atoms with Gasteiger partial charge in [0.15, 0.2) is 0 Å². The maximum absolute atomic E-state index is 10.4. The molecule has 23 heavy (non-hydrogen) atoms. The Hall–Kier alpha value is -1.88. The minimum absolute atomic E-state index is 0.0368. The standard InChI is InChI=1S/C19H24N2O2/c1-19(2,13-22)20-11-14(23)12-21-17-9-5-3-7-15(17)16-8-4-6-10-18(16)21/h3-10,14,20,22-23H,11-13H2,1-2H3/t14-/m0/s1. The number of para-hydroxylation sites is 2. The van der Waals surface area contributed by atoms with Crippen LogP contribution in [0.15, 0.2) is 48.5 Å². The highest BCUT2D eigenvalue weighted by molar-refractivity contribution is 6.07. The Morgan fingerprint density at radius 2 is 1.52 bits per heavy atom. The van der Waals surface area contributed by atoms with Crippen molar-refractivity contribution in [1.29, 1.82) is 0 Å². The molecule has 0 unspecified atom stereocenters. The third-order valence-electron chi connectivity index (χ3n) is 4.28. The maximum Gasteiger partial charge on any atom is 0.0843 e. The van der Waals surface area contributed by atoms with Gasteiger partial charge in [-0.05, 0) is 26.0 Å². The molecule has 1 atom stereocenters. The number of benzene rings is 2. The molecule has 4 heteroatoms. The van der Waals surface area contributed by atoms with E-state index < -0.39 is 6.10 Å². The molecule has 4 nitrogen and oxygen atoms in total. The summed E-state index contributed by atoms with van der Waals surface area (Å²) in [5.74, 6) is 0. The highest BCUT2D eigenvalue weighted by atomic mass is 16.3. The summed E-state index contributed by atoms with van der Waals surface area (Å²) in [6.45, 7) is 4.83. The summed E-state index contributed by atoms with van der Waals surface area (Å²) in [5, 5.41) is 25.3. The number of aliphatic hydroxyl groups is 2. The van der Waals surface area contributed by atoms with Gasteiger partial charge in [-0.25, -0.2) is 0 Å². The van der Waals surface area contributed by atoms with Crippen molar-refractivity contribution >= 4 is 21.8 Å². The van der Waals surface area contributed by atoms with E-state index in [2.05, 4.69) is 34.1 Å². The number of fused-ring (bicyclic) bond motifs is 3. The highest BCUT2D eigenvalue weighted by Crippen LogP contribution is 2.28. The van der Waals surface area contributed by atoms with E-state index in [-0.39, 0.29) is 12.1 Å². The fraction of sp³-hybridized carbons (Fsp3) is 0.368. The second kappa shape index (κ2) is 6.32. The van der Waals surface area contributed by atoms with Crippen LogP contribution in [-0.2, 0) is 6.54 Å². The predicted molar refractivity (Wildman–Crippen MR) is 94.6 cm³/mol. The molecular weight excluding hydrogens is 288 g/mol. The molecule has 3 N–H and O–H groups in total. The second-order valence-electron chi connectivity index (χ2n) is 6.72. The van der Waals surface area contributed by atoms with Crippen molar-refractivity contribution in [3.05, 3.63) is 48.5 Å². The highest BCUT2D eigenvalue weighted by Gasteiger charge is 2.18. The van der Waals surface area contributed by atoms with Crippen molar-refractivity contribution in [2.45, 2.75) is 32.0 Å². The normalized spacial score (nSPS) is 13.7. The molecule has 0 fully saturated rings. The zero-order valence-corrected chi connectivity index (χ0v) is 13.7. The first-order valence-electron chi connectivity index (χ1n) is 8.02. The predicted octanol–water partition coefficient (Wildman–Crippen LogP) is 2.52. The molecule has 0 aliphatic heterocycles. The summed E-state index contributed by atoms with van der Waals surface area (Å²) in [5.41, 5.74) is 1.88. The van der Waals surface area contributed by atoms with Crippen molar-refractivity contribution in [1.82, 2.24) is 9.88 Å². The van der Waals surface area contributed by atoms with E-state index in [4.69, 9.17) is 0 Å². The lowest BCUT2D eigenvalue weighted by Gasteiger charge is -2.25. The minimum Gasteiger partial charge on any atom is -0.394 e. The summed E-state index contributed by atoms with van der Waals surface area (Å²) < 4.78 is 2.17. The largest absolute Gasteiger partial charge is 0.394 e. The molecule has 2 aromatic carbocycles. The summed E-state index contributed by atoms with van der Waals surface area (Å²) in [4.78, 5) is 0. The van der Waals surface area contributed by atoms with Gasteiger partial charge >= 0.3 is 0 Å². The molecule has 0 aliphatic rings. The second-order valence-corrected chi connectivity index (χ2v) is 6.72. The van der Waals surface area contributed by atoms with Crippen molar-refractivity contribution in [2.75, 3.05) is 13.2 Å². The Labute approximate surface area is 136 Å². The SMILES string of the molecule is CC(C)(CO)NC[C@H](O)Cn1c2ccccc2c2ccccc21. The topological polar surface area (TPSA) is 57.4 Å². The lowest BCUT2D eigenvalue weighted by molar-refractivity contribution is 0.124. The summed E-state index contributed by atoms with van der Waals surface area (Å²) in [7, 11) is 0. The van der Waals surface area contributed by atoms with Crippen LogP contribution in [0.4, 0.5) is 0 Å². The number of hydrogen-bond donors (Lipinski definition) is 3. The summed E-state index contributed by atoms with van der Waals surface area (Å²) >= 11 is 0. The molecular formula is C19H24N2O2. The van der Waals surface area contributed by atoms with Crippen LogP contribution in [0.3, 0.4) is 0 Å². The number of rotatable bonds is 6. The fourth-order valence-corrected chi connectivity index (χ4v) is 2.93. The Morgan fingerprint density at radius 3 is 2.04 bits per heavy atom. The van der Waals surface area contributed by atoms with E-state index in [0.717, 1.165) is 11.0 Å². The number of aliphatic hydroxyl groups excluding tert-OH is 2. The molecule has 3 rings (SSSR count). The molecule has 3 aromatic rings. The van der Waals surface area contributed by atoms with Gasteiger partial charge in [0, 0.05) is 33.9 Å². The Morgan fingerprint density at radius 1 is 1.00 bits per heavy atom. The van der Waals surface area contributed by atoms with Gasteiger partial charge in [0.05, 0.1) is 19.3 Å². The average molecular weight is 312 g/mol. The quantitative estimate of drug-likeness (QED) is 0.655. The number of aromatic nitrogens is 1. The van der Waals surface area contributed by atoms with Gasteiger partial charge in [0.25, 0.3) is 0 Å². The van der Waals surface area contributed by atoms with Gasteiger partial charge in [0.2, 0.25) is 0 Å². The Balaban J connectivity index is 1.90. The zero-order valence-electron chi connectivity index (χ0n) is 13.7. The van der Waals surface area contributed by atoms with Gasteiger partial charge < -0.3 is 20.1 Å². The minimum atomic E-state index is -0.528. The average Bonchev–Trinajstić information content (AvgIpc) is 2.88. The van der Waals surface area contributed by atoms with Crippen LogP contribution in [0.5, 0.6) is 0 Å². The molecule has 0 saturated heterocycles. The Bertz CT molecular complexity index is 754. The fourth-order valence-electron chi connectivity index (χ4n) is 2.93. The molecule has 122 valence electrons. The first-order chi connectivity index (χ1) is 11.0. The van der Waals surface area contributed by atoms with Gasteiger partial charge in [-0.2, -0.15) is 0 Å². The van der Waals surface area contributed by atoms with Crippen molar-refractivity contribution in [3.63, 3.8) is 0 Å². The van der Waals surface area contributed by atoms with E-state index in [1.54, 1.807) is 0 Å². The van der Waals surface area contributed by atoms with Gasteiger partial charge in [-0.3, -0.25) is 0 Å². The first-order valence-corrected chi connectivity index (χ1v) is 8.02. The van der Waals surface area contributed by atoms with Gasteiger partial charge in [-0.1, -0.05) is 36.4 Å². The van der Waals surface area contributed by atoms with E-state index in [9.17, 15) is 10.2 Å². The summed E-state index contributed by atoms with van der Waals surface area (Å²) in [6.07, 6.45) is -0.528. The molecule has 0 saturated carbocycles. The van der Waals surface area contributed by atoms with Gasteiger partial charge in [0.1, 0.15) is 0 Å². The smallest absolute Gasteiger partial charge is 0.0843 e. The lowest BCUT2D eigenvalue weighted by Crippen LogP contribution is -2.46. The van der Waals surface area contributed by atoms with Crippen LogP contribution in [0.25, 0.3) is 21.8 Å². The van der Waals surface area contributed by atoms with E-state index in [1.807, 2.05) is 38.1 Å². The lowest BCUT2D eigenvalue weighted by atomic mass is 10.1. The molecule has 0 spiro atoms. The maximum atomic E-state index is 10.4. The molecule has 1 aromatic heterocycles. The Kier molecular flexibility index (Phi) is 4.39. The van der Waals surface area contributed by atoms with Crippen LogP contribution in [0.1, 0.15) is 13.8 Å². The molecule has 1 heterocycles. The molecule has 0 radical (unpaired) electrons. The van der Waals surface area contributed by atoms with Crippen molar-refractivity contribution in [2.24, 2.45) is 0 Å². The molecule has 0 bridgehead atoms. The number of nitrogens with zero attached hydrogens (tertiary/aromatic N) is 1.